The SMILES string of the molecule is C=CCN(CCOC)S(=O)(=O)c1sccc1Br. The molecule has 0 saturated carbocycles. The number of sulfonamides is 1. The molecule has 0 unspecified atom stereocenters. The number of hydrogen-bond acceptors (Lipinski definition) is 4. The lowest BCUT2D eigenvalue weighted by atomic mass is 10.6. The van der Waals surface area contributed by atoms with E-state index in [0.29, 0.717) is 21.8 Å². The summed E-state index contributed by atoms with van der Waals surface area (Å²) in [7, 11) is -1.93. The van der Waals surface area contributed by atoms with E-state index in [0.717, 1.165) is 0 Å². The number of halogens is 1. The minimum absolute atomic E-state index is 0.274. The summed E-state index contributed by atoms with van der Waals surface area (Å²) in [5.41, 5.74) is 0. The lowest BCUT2D eigenvalue weighted by Crippen LogP contribution is -2.33. The third-order valence-electron chi connectivity index (χ3n) is 2.04. The van der Waals surface area contributed by atoms with Crippen LogP contribution in [0.15, 0.2) is 32.8 Å². The predicted octanol–water partition coefficient (Wildman–Crippen LogP) is 2.33. The summed E-state index contributed by atoms with van der Waals surface area (Å²) in [4.78, 5) is 0. The monoisotopic (exact) mass is 339 g/mol. The Morgan fingerprint density at radius 1 is 1.65 bits per heavy atom. The van der Waals surface area contributed by atoms with E-state index >= 15 is 0 Å². The van der Waals surface area contributed by atoms with Crippen LogP contribution < -0.4 is 0 Å². The first-order chi connectivity index (χ1) is 8.04. The molecule has 0 atom stereocenters. The molecule has 0 aliphatic rings. The van der Waals surface area contributed by atoms with E-state index in [-0.39, 0.29) is 6.54 Å². The molecule has 1 heterocycles. The molecule has 0 saturated heterocycles. The molecule has 4 nitrogen and oxygen atoms in total. The fourth-order valence-corrected chi connectivity index (χ4v) is 5.07. The number of rotatable bonds is 7. The van der Waals surface area contributed by atoms with Gasteiger partial charge in [-0.25, -0.2) is 8.42 Å². The van der Waals surface area contributed by atoms with E-state index in [4.69, 9.17) is 4.74 Å². The molecule has 0 aliphatic heterocycles. The highest BCUT2D eigenvalue weighted by molar-refractivity contribution is 9.10. The Kier molecular flexibility index (Phi) is 5.81. The Bertz CT molecular complexity index is 470. The Morgan fingerprint density at radius 3 is 2.82 bits per heavy atom. The van der Waals surface area contributed by atoms with Crippen LogP contribution in [0.3, 0.4) is 0 Å². The molecule has 0 aromatic carbocycles. The van der Waals surface area contributed by atoms with E-state index in [9.17, 15) is 8.42 Å². The van der Waals surface area contributed by atoms with Crippen molar-refractivity contribution in [2.45, 2.75) is 4.21 Å². The lowest BCUT2D eigenvalue weighted by Gasteiger charge is -2.19. The molecule has 1 aromatic rings. The fraction of sp³-hybridized carbons (Fsp3) is 0.400. The first-order valence-electron chi connectivity index (χ1n) is 4.87. The zero-order valence-electron chi connectivity index (χ0n) is 9.43. The second kappa shape index (κ2) is 6.65. The zero-order chi connectivity index (χ0) is 12.9. The molecule has 7 heteroatoms. The van der Waals surface area contributed by atoms with Gasteiger partial charge in [-0.05, 0) is 27.4 Å². The number of hydrogen-bond donors (Lipinski definition) is 0. The highest BCUT2D eigenvalue weighted by Crippen LogP contribution is 2.30. The van der Waals surface area contributed by atoms with Crippen molar-refractivity contribution in [2.24, 2.45) is 0 Å². The number of methoxy groups -OCH3 is 1. The van der Waals surface area contributed by atoms with Crippen LogP contribution in [-0.2, 0) is 14.8 Å². The fourth-order valence-electron chi connectivity index (χ4n) is 1.23. The summed E-state index contributed by atoms with van der Waals surface area (Å²) in [6, 6.07) is 1.72. The maximum atomic E-state index is 12.3. The average molecular weight is 340 g/mol. The van der Waals surface area contributed by atoms with E-state index < -0.39 is 10.0 Å². The Morgan fingerprint density at radius 2 is 2.35 bits per heavy atom. The van der Waals surface area contributed by atoms with Crippen LogP contribution in [0.2, 0.25) is 0 Å². The van der Waals surface area contributed by atoms with E-state index in [1.54, 1.807) is 24.6 Å². The van der Waals surface area contributed by atoms with Crippen LogP contribution >= 0.6 is 27.3 Å². The number of thiophene rings is 1. The maximum Gasteiger partial charge on any atom is 0.254 e. The van der Waals surface area contributed by atoms with Gasteiger partial charge >= 0.3 is 0 Å². The van der Waals surface area contributed by atoms with Gasteiger partial charge < -0.3 is 4.74 Å². The molecule has 0 fully saturated rings. The molecule has 17 heavy (non-hydrogen) atoms. The summed E-state index contributed by atoms with van der Waals surface area (Å²) < 4.78 is 31.8. The highest BCUT2D eigenvalue weighted by Gasteiger charge is 2.26. The van der Waals surface area contributed by atoms with E-state index in [1.807, 2.05) is 0 Å². The zero-order valence-corrected chi connectivity index (χ0v) is 12.6. The van der Waals surface area contributed by atoms with Crippen molar-refractivity contribution < 1.29 is 13.2 Å². The van der Waals surface area contributed by atoms with Crippen LogP contribution in [0, 0.1) is 0 Å². The summed E-state index contributed by atoms with van der Waals surface area (Å²) in [6.45, 7) is 4.52. The van der Waals surface area contributed by atoms with Gasteiger partial charge in [0.2, 0.25) is 0 Å². The molecule has 0 bridgehead atoms. The third kappa shape index (κ3) is 3.62. The van der Waals surface area contributed by atoms with Gasteiger partial charge in [0.05, 0.1) is 6.61 Å². The third-order valence-corrected chi connectivity index (χ3v) is 6.55. The lowest BCUT2D eigenvalue weighted by molar-refractivity contribution is 0.182. The summed E-state index contributed by atoms with van der Waals surface area (Å²) in [5, 5.41) is 1.74. The largest absolute Gasteiger partial charge is 0.383 e. The molecule has 1 rings (SSSR count). The van der Waals surface area contributed by atoms with Crippen molar-refractivity contribution in [1.82, 2.24) is 4.31 Å². The first-order valence-corrected chi connectivity index (χ1v) is 7.98. The maximum absolute atomic E-state index is 12.3. The quantitative estimate of drug-likeness (QED) is 0.716. The van der Waals surface area contributed by atoms with Crippen molar-refractivity contribution >= 4 is 37.3 Å². The molecule has 96 valence electrons. The molecular weight excluding hydrogens is 326 g/mol. The van der Waals surface area contributed by atoms with Crippen molar-refractivity contribution in [2.75, 3.05) is 26.8 Å². The molecule has 1 aromatic heterocycles. The van der Waals surface area contributed by atoms with Crippen molar-refractivity contribution in [3.63, 3.8) is 0 Å². The Labute approximate surface area is 114 Å². The first kappa shape index (κ1) is 14.8. The highest BCUT2D eigenvalue weighted by atomic mass is 79.9. The van der Waals surface area contributed by atoms with Gasteiger partial charge in [0.15, 0.2) is 0 Å². The predicted molar refractivity (Wildman–Crippen MR) is 72.9 cm³/mol. The van der Waals surface area contributed by atoms with Gasteiger partial charge in [-0.1, -0.05) is 6.08 Å². The summed E-state index contributed by atoms with van der Waals surface area (Å²) in [6.07, 6.45) is 1.56. The van der Waals surface area contributed by atoms with Crippen LogP contribution in [0.1, 0.15) is 0 Å². The molecule has 0 N–H and O–H groups in total. The van der Waals surface area contributed by atoms with Gasteiger partial charge in [0.25, 0.3) is 10.0 Å². The summed E-state index contributed by atoms with van der Waals surface area (Å²) >= 11 is 4.43. The van der Waals surface area contributed by atoms with Crippen LogP contribution in [0.4, 0.5) is 0 Å². The van der Waals surface area contributed by atoms with E-state index in [1.165, 1.54) is 15.6 Å². The van der Waals surface area contributed by atoms with Crippen LogP contribution in [0.25, 0.3) is 0 Å². The second-order valence-corrected chi connectivity index (χ2v) is 7.10. The molecule has 0 amide bonds. The standard InChI is InChI=1S/C10H14BrNO3S2/c1-3-5-12(6-7-15-2)17(13,14)10-9(11)4-8-16-10/h3-4,8H,1,5-7H2,2H3. The second-order valence-electron chi connectivity index (χ2n) is 3.20. The Hall–Kier alpha value is -0.210. The van der Waals surface area contributed by atoms with Crippen LogP contribution in [-0.4, -0.2) is 39.5 Å². The minimum atomic E-state index is -3.47. The Balaban J connectivity index is 3.00. The normalized spacial score (nSPS) is 11.9. The van der Waals surface area contributed by atoms with E-state index in [2.05, 4.69) is 22.5 Å². The van der Waals surface area contributed by atoms with Gasteiger partial charge in [-0.15, -0.1) is 17.9 Å². The smallest absolute Gasteiger partial charge is 0.254 e. The van der Waals surface area contributed by atoms with Gasteiger partial charge in [0, 0.05) is 24.7 Å². The molecule has 0 spiro atoms. The van der Waals surface area contributed by atoms with Crippen LogP contribution in [0.5, 0.6) is 0 Å². The number of ether oxygens (including phenoxy) is 1. The topological polar surface area (TPSA) is 46.6 Å². The van der Waals surface area contributed by atoms with Crippen molar-refractivity contribution in [3.8, 4) is 0 Å². The number of nitrogens with zero attached hydrogens (tertiary/aromatic N) is 1. The molecule has 0 radical (unpaired) electrons. The van der Waals surface area contributed by atoms with Gasteiger partial charge in [-0.3, -0.25) is 0 Å². The summed E-state index contributed by atoms with van der Waals surface area (Å²) in [5.74, 6) is 0. The minimum Gasteiger partial charge on any atom is -0.383 e. The van der Waals surface area contributed by atoms with Gasteiger partial charge in [-0.2, -0.15) is 4.31 Å². The van der Waals surface area contributed by atoms with Crippen molar-refractivity contribution in [1.29, 1.82) is 0 Å². The molecule has 0 aliphatic carbocycles. The average Bonchev–Trinajstić information content (AvgIpc) is 2.71. The van der Waals surface area contributed by atoms with Crippen molar-refractivity contribution in [3.05, 3.63) is 28.6 Å². The van der Waals surface area contributed by atoms with Gasteiger partial charge in [0.1, 0.15) is 4.21 Å². The molecular formula is C10H14BrNO3S2.